The number of fused-ring (bicyclic) bond motifs is 1. The van der Waals surface area contributed by atoms with E-state index in [-0.39, 0.29) is 35.2 Å². The SMILES string of the molecule is CC(=O)N1c2ccc(S(=O)(=O)N3CCC[C@@H](C(=O)NCc4ccc(C)cc4)C3)cc2C[C@@H]1C. The predicted octanol–water partition coefficient (Wildman–Crippen LogP) is 3.01. The zero-order chi connectivity index (χ0) is 23.8. The molecule has 1 N–H and O–H groups in total. The van der Waals surface area contributed by atoms with Gasteiger partial charge in [-0.15, -0.1) is 0 Å². The third kappa shape index (κ3) is 4.82. The molecule has 0 radical (unpaired) electrons. The highest BCUT2D eigenvalue weighted by Gasteiger charge is 2.35. The number of nitrogens with one attached hydrogen (secondary N) is 1. The van der Waals surface area contributed by atoms with Gasteiger partial charge in [-0.25, -0.2) is 8.42 Å². The molecule has 33 heavy (non-hydrogen) atoms. The van der Waals surface area contributed by atoms with Crippen LogP contribution in [-0.2, 0) is 32.6 Å². The fourth-order valence-corrected chi connectivity index (χ4v) is 6.39. The minimum atomic E-state index is -3.73. The average molecular weight is 470 g/mol. The Balaban J connectivity index is 1.45. The van der Waals surface area contributed by atoms with E-state index in [9.17, 15) is 18.0 Å². The number of nitrogens with zero attached hydrogens (tertiary/aromatic N) is 2. The molecule has 0 unspecified atom stereocenters. The maximum atomic E-state index is 13.4. The van der Waals surface area contributed by atoms with Crippen molar-refractivity contribution >= 4 is 27.5 Å². The summed E-state index contributed by atoms with van der Waals surface area (Å²) in [4.78, 5) is 26.7. The maximum absolute atomic E-state index is 13.4. The van der Waals surface area contributed by atoms with E-state index >= 15 is 0 Å². The number of hydrogen-bond acceptors (Lipinski definition) is 4. The molecule has 176 valence electrons. The van der Waals surface area contributed by atoms with Gasteiger partial charge in [-0.05, 0) is 62.4 Å². The van der Waals surface area contributed by atoms with Crippen LogP contribution in [0.2, 0.25) is 0 Å². The number of piperidine rings is 1. The molecule has 7 nitrogen and oxygen atoms in total. The highest BCUT2D eigenvalue weighted by Crippen LogP contribution is 2.35. The largest absolute Gasteiger partial charge is 0.352 e. The molecule has 0 aromatic heterocycles. The topological polar surface area (TPSA) is 86.8 Å². The lowest BCUT2D eigenvalue weighted by Gasteiger charge is -2.31. The number of aryl methyl sites for hydroxylation is 1. The van der Waals surface area contributed by atoms with E-state index in [1.165, 1.54) is 11.2 Å². The highest BCUT2D eigenvalue weighted by atomic mass is 32.2. The first-order valence-electron chi connectivity index (χ1n) is 11.4. The van der Waals surface area contributed by atoms with Crippen LogP contribution in [0.5, 0.6) is 0 Å². The molecule has 0 bridgehead atoms. The van der Waals surface area contributed by atoms with E-state index in [1.807, 2.05) is 38.1 Å². The number of sulfonamides is 1. The molecule has 2 aromatic carbocycles. The first-order valence-corrected chi connectivity index (χ1v) is 12.9. The van der Waals surface area contributed by atoms with E-state index in [1.54, 1.807) is 23.1 Å². The Morgan fingerprint density at radius 2 is 1.85 bits per heavy atom. The Labute approximate surface area is 195 Å². The average Bonchev–Trinajstić information content (AvgIpc) is 3.13. The van der Waals surface area contributed by atoms with Crippen LogP contribution in [0, 0.1) is 12.8 Å². The quantitative estimate of drug-likeness (QED) is 0.729. The van der Waals surface area contributed by atoms with Crippen molar-refractivity contribution in [1.29, 1.82) is 0 Å². The van der Waals surface area contributed by atoms with Crippen molar-refractivity contribution in [3.05, 3.63) is 59.2 Å². The third-order valence-corrected chi connectivity index (χ3v) is 8.45. The van der Waals surface area contributed by atoms with Crippen LogP contribution in [0.1, 0.15) is 43.4 Å². The van der Waals surface area contributed by atoms with Crippen LogP contribution < -0.4 is 10.2 Å². The van der Waals surface area contributed by atoms with Gasteiger partial charge in [0.2, 0.25) is 21.8 Å². The second-order valence-corrected chi connectivity index (χ2v) is 11.1. The zero-order valence-electron chi connectivity index (χ0n) is 19.4. The van der Waals surface area contributed by atoms with E-state index in [4.69, 9.17) is 0 Å². The van der Waals surface area contributed by atoms with Gasteiger partial charge in [-0.1, -0.05) is 29.8 Å². The Morgan fingerprint density at radius 1 is 1.12 bits per heavy atom. The minimum absolute atomic E-state index is 0.00652. The molecule has 1 fully saturated rings. The molecule has 2 amide bonds. The van der Waals surface area contributed by atoms with E-state index in [0.717, 1.165) is 22.4 Å². The third-order valence-electron chi connectivity index (χ3n) is 6.59. The normalized spacial score (nSPS) is 21.0. The lowest BCUT2D eigenvalue weighted by atomic mass is 9.98. The number of anilines is 1. The lowest BCUT2D eigenvalue weighted by Crippen LogP contribution is -2.45. The Kier molecular flexibility index (Phi) is 6.59. The smallest absolute Gasteiger partial charge is 0.243 e. The van der Waals surface area contributed by atoms with Crippen molar-refractivity contribution in [1.82, 2.24) is 9.62 Å². The highest BCUT2D eigenvalue weighted by molar-refractivity contribution is 7.89. The summed E-state index contributed by atoms with van der Waals surface area (Å²) in [5, 5.41) is 2.96. The maximum Gasteiger partial charge on any atom is 0.243 e. The number of hydrogen-bond donors (Lipinski definition) is 1. The lowest BCUT2D eigenvalue weighted by molar-refractivity contribution is -0.126. The van der Waals surface area contributed by atoms with Crippen LogP contribution in [-0.4, -0.2) is 43.7 Å². The standard InChI is InChI=1S/C25H31N3O4S/c1-17-6-8-20(9-7-17)15-26-25(30)21-5-4-12-27(16-21)33(31,32)23-10-11-24-22(14-23)13-18(2)28(24)19(3)29/h6-11,14,18,21H,4-5,12-13,15-16H2,1-3H3,(H,26,30)/t18-,21+/m0/s1. The zero-order valence-corrected chi connectivity index (χ0v) is 20.2. The first-order chi connectivity index (χ1) is 15.7. The summed E-state index contributed by atoms with van der Waals surface area (Å²) in [6.45, 7) is 6.50. The van der Waals surface area contributed by atoms with Crippen LogP contribution in [0.25, 0.3) is 0 Å². The monoisotopic (exact) mass is 469 g/mol. The van der Waals surface area contributed by atoms with Crippen molar-refractivity contribution < 1.29 is 18.0 Å². The Morgan fingerprint density at radius 3 is 2.55 bits per heavy atom. The van der Waals surface area contributed by atoms with Crippen molar-refractivity contribution in [3.63, 3.8) is 0 Å². The molecule has 2 aliphatic heterocycles. The van der Waals surface area contributed by atoms with Gasteiger partial charge in [-0.3, -0.25) is 9.59 Å². The van der Waals surface area contributed by atoms with Gasteiger partial charge in [0.05, 0.1) is 10.8 Å². The molecule has 2 atom stereocenters. The molecule has 2 aliphatic rings. The van der Waals surface area contributed by atoms with Crippen molar-refractivity contribution in [2.24, 2.45) is 5.92 Å². The van der Waals surface area contributed by atoms with Crippen LogP contribution in [0.4, 0.5) is 5.69 Å². The minimum Gasteiger partial charge on any atom is -0.352 e. The van der Waals surface area contributed by atoms with E-state index in [0.29, 0.717) is 32.4 Å². The first kappa shape index (κ1) is 23.4. The molecular weight excluding hydrogens is 438 g/mol. The summed E-state index contributed by atoms with van der Waals surface area (Å²) < 4.78 is 28.2. The van der Waals surface area contributed by atoms with Gasteiger partial charge in [0.15, 0.2) is 0 Å². The Hall–Kier alpha value is -2.71. The summed E-state index contributed by atoms with van der Waals surface area (Å²) in [7, 11) is -3.73. The fraction of sp³-hybridized carbons (Fsp3) is 0.440. The van der Waals surface area contributed by atoms with Crippen LogP contribution >= 0.6 is 0 Å². The van der Waals surface area contributed by atoms with Crippen LogP contribution in [0.3, 0.4) is 0 Å². The summed E-state index contributed by atoms with van der Waals surface area (Å²) >= 11 is 0. The second-order valence-electron chi connectivity index (χ2n) is 9.14. The Bertz CT molecular complexity index is 1160. The number of amides is 2. The summed E-state index contributed by atoms with van der Waals surface area (Å²) in [6.07, 6.45) is 1.94. The van der Waals surface area contributed by atoms with E-state index in [2.05, 4.69) is 5.32 Å². The van der Waals surface area contributed by atoms with Gasteiger partial charge in [0.1, 0.15) is 0 Å². The van der Waals surface area contributed by atoms with E-state index < -0.39 is 10.0 Å². The van der Waals surface area contributed by atoms with Gasteiger partial charge < -0.3 is 10.2 Å². The van der Waals surface area contributed by atoms with Gasteiger partial charge >= 0.3 is 0 Å². The van der Waals surface area contributed by atoms with Crippen molar-refractivity contribution in [3.8, 4) is 0 Å². The van der Waals surface area contributed by atoms with Crippen molar-refractivity contribution in [2.45, 2.75) is 57.5 Å². The predicted molar refractivity (Wildman–Crippen MR) is 127 cm³/mol. The van der Waals surface area contributed by atoms with Gasteiger partial charge in [0.25, 0.3) is 0 Å². The summed E-state index contributed by atoms with van der Waals surface area (Å²) in [6, 6.07) is 13.0. The molecule has 4 rings (SSSR count). The van der Waals surface area contributed by atoms with Gasteiger partial charge in [-0.2, -0.15) is 4.31 Å². The molecule has 2 aromatic rings. The fourth-order valence-electron chi connectivity index (χ4n) is 4.81. The summed E-state index contributed by atoms with van der Waals surface area (Å²) in [5.74, 6) is -0.538. The number of carbonyl (C=O) groups is 2. The molecule has 0 aliphatic carbocycles. The number of rotatable bonds is 5. The summed E-state index contributed by atoms with van der Waals surface area (Å²) in [5.41, 5.74) is 3.82. The number of carbonyl (C=O) groups excluding carboxylic acids is 2. The second kappa shape index (κ2) is 9.27. The van der Waals surface area contributed by atoms with Crippen LogP contribution in [0.15, 0.2) is 47.4 Å². The molecule has 0 saturated carbocycles. The van der Waals surface area contributed by atoms with Gasteiger partial charge in [0, 0.05) is 38.3 Å². The molecule has 1 saturated heterocycles. The molecule has 2 heterocycles. The molecule has 0 spiro atoms. The molecular formula is C25H31N3O4S. The number of benzene rings is 2. The van der Waals surface area contributed by atoms with Crippen molar-refractivity contribution in [2.75, 3.05) is 18.0 Å². The molecule has 8 heteroatoms.